The SMILES string of the molecule is Cc1[nH]c(=O)[nH]c1OC(=O)O. The second-order valence-electron chi connectivity index (χ2n) is 1.90. The van der Waals surface area contributed by atoms with E-state index in [1.54, 1.807) is 0 Å². The monoisotopic (exact) mass is 158 g/mol. The number of imidazole rings is 1. The minimum absolute atomic E-state index is 0.0671. The van der Waals surface area contributed by atoms with Crippen LogP contribution in [-0.2, 0) is 0 Å². The van der Waals surface area contributed by atoms with Crippen molar-refractivity contribution in [1.82, 2.24) is 9.97 Å². The Labute approximate surface area is 60.8 Å². The van der Waals surface area contributed by atoms with Crippen LogP contribution < -0.4 is 10.4 Å². The lowest BCUT2D eigenvalue weighted by molar-refractivity contribution is 0.142. The van der Waals surface area contributed by atoms with Crippen molar-refractivity contribution in [3.8, 4) is 5.88 Å². The average molecular weight is 158 g/mol. The van der Waals surface area contributed by atoms with Gasteiger partial charge >= 0.3 is 11.8 Å². The fourth-order valence-corrected chi connectivity index (χ4v) is 0.645. The number of carbonyl (C=O) groups is 1. The van der Waals surface area contributed by atoms with Crippen molar-refractivity contribution in [1.29, 1.82) is 0 Å². The molecule has 1 aromatic heterocycles. The standard InChI is InChI=1S/C5H6N2O4/c1-2-3(11-5(9)10)7-4(8)6-2/h1H3,(H,9,10)(H2,6,7,8). The Morgan fingerprint density at radius 1 is 1.55 bits per heavy atom. The molecule has 0 amide bonds. The van der Waals surface area contributed by atoms with E-state index in [4.69, 9.17) is 5.11 Å². The quantitative estimate of drug-likeness (QED) is 0.504. The first kappa shape index (κ1) is 7.39. The highest BCUT2D eigenvalue weighted by Gasteiger charge is 2.06. The van der Waals surface area contributed by atoms with E-state index in [2.05, 4.69) is 14.7 Å². The van der Waals surface area contributed by atoms with Gasteiger partial charge in [0.25, 0.3) is 0 Å². The van der Waals surface area contributed by atoms with Crippen molar-refractivity contribution in [3.05, 3.63) is 16.2 Å². The summed E-state index contributed by atoms with van der Waals surface area (Å²) in [5, 5.41) is 8.14. The van der Waals surface area contributed by atoms with Gasteiger partial charge in [0.15, 0.2) is 0 Å². The first-order chi connectivity index (χ1) is 5.09. The summed E-state index contributed by atoms with van der Waals surface area (Å²) in [5.41, 5.74) is -0.129. The second-order valence-corrected chi connectivity index (χ2v) is 1.90. The van der Waals surface area contributed by atoms with E-state index in [0.717, 1.165) is 0 Å². The van der Waals surface area contributed by atoms with Crippen molar-refractivity contribution in [3.63, 3.8) is 0 Å². The molecule has 1 rings (SSSR count). The Hall–Kier alpha value is -1.72. The van der Waals surface area contributed by atoms with E-state index in [1.165, 1.54) is 6.92 Å². The number of hydrogen-bond donors (Lipinski definition) is 3. The van der Waals surface area contributed by atoms with Gasteiger partial charge in [0.1, 0.15) is 0 Å². The number of aromatic nitrogens is 2. The van der Waals surface area contributed by atoms with Crippen molar-refractivity contribution >= 4 is 6.16 Å². The summed E-state index contributed by atoms with van der Waals surface area (Å²) in [7, 11) is 0. The molecule has 0 aliphatic heterocycles. The molecule has 6 nitrogen and oxygen atoms in total. The Morgan fingerprint density at radius 3 is 2.55 bits per heavy atom. The van der Waals surface area contributed by atoms with Gasteiger partial charge in [-0.05, 0) is 6.92 Å². The molecule has 1 aromatic rings. The Morgan fingerprint density at radius 2 is 2.18 bits per heavy atom. The maximum atomic E-state index is 10.5. The van der Waals surface area contributed by atoms with E-state index >= 15 is 0 Å². The number of hydrogen-bond acceptors (Lipinski definition) is 3. The summed E-state index contributed by atoms with van der Waals surface area (Å²) in [4.78, 5) is 25.0. The predicted octanol–water partition coefficient (Wildman–Crippen LogP) is 0.0682. The van der Waals surface area contributed by atoms with Gasteiger partial charge in [0.05, 0.1) is 5.69 Å². The van der Waals surface area contributed by atoms with Crippen LogP contribution in [0.5, 0.6) is 5.88 Å². The topological polar surface area (TPSA) is 95.2 Å². The minimum Gasteiger partial charge on any atom is -0.449 e. The summed E-state index contributed by atoms with van der Waals surface area (Å²) < 4.78 is 4.20. The lowest BCUT2D eigenvalue weighted by atomic mass is 10.5. The molecule has 0 aliphatic carbocycles. The molecule has 0 radical (unpaired) electrons. The van der Waals surface area contributed by atoms with E-state index < -0.39 is 11.8 Å². The number of ether oxygens (including phenoxy) is 1. The molecule has 0 aliphatic rings. The zero-order valence-electron chi connectivity index (χ0n) is 5.67. The molecule has 0 unspecified atom stereocenters. The highest BCUT2D eigenvalue weighted by molar-refractivity contribution is 5.60. The van der Waals surface area contributed by atoms with Crippen LogP contribution in [0.15, 0.2) is 4.79 Å². The molecule has 1 heterocycles. The predicted molar refractivity (Wildman–Crippen MR) is 34.8 cm³/mol. The summed E-state index contributed by atoms with van der Waals surface area (Å²) in [6.07, 6.45) is -1.46. The summed E-state index contributed by atoms with van der Waals surface area (Å²) in [6, 6.07) is 0. The molecule has 60 valence electrons. The normalized spacial score (nSPS) is 9.55. The molecule has 0 atom stereocenters. The van der Waals surface area contributed by atoms with Crippen molar-refractivity contribution in [2.75, 3.05) is 0 Å². The zero-order chi connectivity index (χ0) is 8.43. The van der Waals surface area contributed by atoms with Gasteiger partial charge in [-0.1, -0.05) is 0 Å². The third-order valence-electron chi connectivity index (χ3n) is 1.06. The van der Waals surface area contributed by atoms with Gasteiger partial charge in [-0.3, -0.25) is 4.98 Å². The van der Waals surface area contributed by atoms with Gasteiger partial charge in [-0.25, -0.2) is 9.59 Å². The van der Waals surface area contributed by atoms with Crippen LogP contribution in [0.4, 0.5) is 4.79 Å². The van der Waals surface area contributed by atoms with Crippen molar-refractivity contribution in [2.24, 2.45) is 0 Å². The lowest BCUT2D eigenvalue weighted by Crippen LogP contribution is -2.05. The Bertz CT molecular complexity index is 323. The summed E-state index contributed by atoms with van der Waals surface area (Å²) in [6.45, 7) is 1.52. The van der Waals surface area contributed by atoms with Crippen molar-refractivity contribution in [2.45, 2.75) is 6.92 Å². The van der Waals surface area contributed by atoms with Gasteiger partial charge in [-0.15, -0.1) is 0 Å². The van der Waals surface area contributed by atoms with Gasteiger partial charge in [0, 0.05) is 0 Å². The van der Waals surface area contributed by atoms with Crippen LogP contribution in [0.25, 0.3) is 0 Å². The largest absolute Gasteiger partial charge is 0.512 e. The average Bonchev–Trinajstić information content (AvgIpc) is 2.09. The third-order valence-corrected chi connectivity index (χ3v) is 1.06. The summed E-state index contributed by atoms with van der Waals surface area (Å²) in [5.74, 6) is -0.0671. The minimum atomic E-state index is -1.46. The number of aryl methyl sites for hydroxylation is 1. The molecule has 11 heavy (non-hydrogen) atoms. The van der Waals surface area contributed by atoms with Crippen LogP contribution in [0, 0.1) is 6.92 Å². The highest BCUT2D eigenvalue weighted by atomic mass is 16.7. The molecule has 0 saturated carbocycles. The Kier molecular flexibility index (Phi) is 1.67. The fourth-order valence-electron chi connectivity index (χ4n) is 0.645. The molecule has 0 bridgehead atoms. The number of nitrogens with one attached hydrogen (secondary N) is 2. The van der Waals surface area contributed by atoms with E-state index in [1.807, 2.05) is 0 Å². The van der Waals surface area contributed by atoms with E-state index in [9.17, 15) is 9.59 Å². The van der Waals surface area contributed by atoms with Crippen LogP contribution in [0.3, 0.4) is 0 Å². The smallest absolute Gasteiger partial charge is 0.449 e. The molecule has 6 heteroatoms. The molecule has 0 fully saturated rings. The maximum Gasteiger partial charge on any atom is 0.512 e. The molecular formula is C5H6N2O4. The van der Waals surface area contributed by atoms with Crippen LogP contribution in [0.1, 0.15) is 5.69 Å². The highest BCUT2D eigenvalue weighted by Crippen LogP contribution is 2.07. The third kappa shape index (κ3) is 1.60. The molecule has 3 N–H and O–H groups in total. The Balaban J connectivity index is 2.94. The maximum absolute atomic E-state index is 10.5. The van der Waals surface area contributed by atoms with E-state index in [-0.39, 0.29) is 5.88 Å². The van der Waals surface area contributed by atoms with E-state index in [0.29, 0.717) is 5.69 Å². The number of rotatable bonds is 1. The molecule has 0 aromatic carbocycles. The number of H-pyrrole nitrogens is 2. The van der Waals surface area contributed by atoms with Gasteiger partial charge in [0.2, 0.25) is 5.88 Å². The molecule has 0 spiro atoms. The first-order valence-electron chi connectivity index (χ1n) is 2.79. The molecular weight excluding hydrogens is 152 g/mol. The van der Waals surface area contributed by atoms with Crippen LogP contribution >= 0.6 is 0 Å². The van der Waals surface area contributed by atoms with Crippen LogP contribution in [0.2, 0.25) is 0 Å². The molecule has 0 saturated heterocycles. The first-order valence-corrected chi connectivity index (χ1v) is 2.79. The van der Waals surface area contributed by atoms with Gasteiger partial charge in [-0.2, -0.15) is 0 Å². The number of aromatic amines is 2. The lowest BCUT2D eigenvalue weighted by Gasteiger charge is -1.93. The summed E-state index contributed by atoms with van der Waals surface area (Å²) >= 11 is 0. The number of carboxylic acid groups (broad SMARTS) is 1. The van der Waals surface area contributed by atoms with Crippen LogP contribution in [-0.4, -0.2) is 21.2 Å². The zero-order valence-corrected chi connectivity index (χ0v) is 5.67. The fraction of sp³-hybridized carbons (Fsp3) is 0.200. The van der Waals surface area contributed by atoms with Crippen molar-refractivity contribution < 1.29 is 14.6 Å². The second kappa shape index (κ2) is 2.49. The van der Waals surface area contributed by atoms with Gasteiger partial charge < -0.3 is 14.8 Å².